The van der Waals surface area contributed by atoms with E-state index < -0.39 is 0 Å². The van der Waals surface area contributed by atoms with Crippen LogP contribution in [-0.4, -0.2) is 44.2 Å². The van der Waals surface area contributed by atoms with Gasteiger partial charge < -0.3 is 20.1 Å². The molecule has 0 aliphatic carbocycles. The van der Waals surface area contributed by atoms with Crippen molar-refractivity contribution >= 4 is 5.91 Å². The Bertz CT molecular complexity index is 471. The smallest absolute Gasteiger partial charge is 0.260 e. The zero-order valence-corrected chi connectivity index (χ0v) is 12.6. The van der Waals surface area contributed by atoms with E-state index in [1.807, 2.05) is 23.1 Å². The molecule has 0 atom stereocenters. The van der Waals surface area contributed by atoms with Crippen molar-refractivity contribution in [1.29, 1.82) is 0 Å². The zero-order chi connectivity index (χ0) is 15.1. The largest absolute Gasteiger partial charge is 0.493 e. The lowest BCUT2D eigenvalue weighted by atomic mass is 10.1. The molecule has 0 saturated carbocycles. The highest BCUT2D eigenvalue weighted by molar-refractivity contribution is 5.78. The second-order valence-electron chi connectivity index (χ2n) is 5.25. The van der Waals surface area contributed by atoms with Gasteiger partial charge in [-0.3, -0.25) is 4.79 Å². The molecule has 5 nitrogen and oxygen atoms in total. The van der Waals surface area contributed by atoms with Gasteiger partial charge in [-0.25, -0.2) is 0 Å². The molecule has 2 N–H and O–H groups in total. The Morgan fingerprint density at radius 2 is 2.00 bits per heavy atom. The van der Waals surface area contributed by atoms with Gasteiger partial charge in [-0.05, 0) is 49.9 Å². The fraction of sp³-hybridized carbons (Fsp3) is 0.562. The lowest BCUT2D eigenvalue weighted by molar-refractivity contribution is -0.134. The molecule has 1 aliphatic heterocycles. The van der Waals surface area contributed by atoms with Crippen LogP contribution < -0.4 is 15.2 Å². The molecule has 1 aromatic carbocycles. The number of carbonyl (C=O) groups is 1. The summed E-state index contributed by atoms with van der Waals surface area (Å²) in [6.07, 6.45) is 4.18. The summed E-state index contributed by atoms with van der Waals surface area (Å²) in [5.74, 6) is 1.29. The average molecular weight is 292 g/mol. The predicted octanol–water partition coefficient (Wildman–Crippen LogP) is 1.59. The van der Waals surface area contributed by atoms with Crippen molar-refractivity contribution in [2.75, 3.05) is 33.4 Å². The Hall–Kier alpha value is -1.75. The average Bonchev–Trinajstić information content (AvgIpc) is 2.54. The van der Waals surface area contributed by atoms with Crippen molar-refractivity contribution in [2.24, 2.45) is 5.73 Å². The molecule has 1 heterocycles. The van der Waals surface area contributed by atoms with Gasteiger partial charge in [-0.1, -0.05) is 6.07 Å². The minimum absolute atomic E-state index is 0.0442. The highest BCUT2D eigenvalue weighted by Crippen LogP contribution is 2.28. The van der Waals surface area contributed by atoms with E-state index in [2.05, 4.69) is 0 Å². The van der Waals surface area contributed by atoms with Crippen molar-refractivity contribution in [3.63, 3.8) is 0 Å². The summed E-state index contributed by atoms with van der Waals surface area (Å²) in [5.41, 5.74) is 6.65. The Morgan fingerprint density at radius 1 is 1.24 bits per heavy atom. The third-order valence-corrected chi connectivity index (χ3v) is 3.72. The Balaban J connectivity index is 1.94. The van der Waals surface area contributed by atoms with Crippen LogP contribution in [0.25, 0.3) is 0 Å². The summed E-state index contributed by atoms with van der Waals surface area (Å²) >= 11 is 0. The maximum Gasteiger partial charge on any atom is 0.260 e. The van der Waals surface area contributed by atoms with E-state index in [0.717, 1.165) is 37.9 Å². The molecule has 116 valence electrons. The van der Waals surface area contributed by atoms with Crippen LogP contribution in [0.5, 0.6) is 11.5 Å². The van der Waals surface area contributed by atoms with Gasteiger partial charge in [0.1, 0.15) is 0 Å². The van der Waals surface area contributed by atoms with Crippen molar-refractivity contribution in [2.45, 2.75) is 25.7 Å². The normalized spacial score (nSPS) is 14.9. The molecule has 0 aromatic heterocycles. The van der Waals surface area contributed by atoms with Crippen LogP contribution in [0.2, 0.25) is 0 Å². The molecule has 1 amide bonds. The molecule has 2 rings (SSSR count). The lowest BCUT2D eigenvalue weighted by Crippen LogP contribution is -2.38. The second kappa shape index (κ2) is 7.88. The fourth-order valence-corrected chi connectivity index (χ4v) is 2.53. The number of ether oxygens (including phenoxy) is 2. The maximum atomic E-state index is 12.1. The summed E-state index contributed by atoms with van der Waals surface area (Å²) in [6.45, 7) is 2.34. The third kappa shape index (κ3) is 4.36. The molecule has 0 radical (unpaired) electrons. The van der Waals surface area contributed by atoms with E-state index in [4.69, 9.17) is 15.2 Å². The topological polar surface area (TPSA) is 64.8 Å². The highest BCUT2D eigenvalue weighted by Gasteiger charge is 2.17. The summed E-state index contributed by atoms with van der Waals surface area (Å²) in [4.78, 5) is 14.0. The number of amides is 1. The van der Waals surface area contributed by atoms with Gasteiger partial charge >= 0.3 is 0 Å². The van der Waals surface area contributed by atoms with E-state index in [0.29, 0.717) is 18.0 Å². The molecule has 5 heteroatoms. The Labute approximate surface area is 126 Å². The minimum Gasteiger partial charge on any atom is -0.493 e. The maximum absolute atomic E-state index is 12.1. The standard InChI is InChI=1S/C16H24N2O3/c1-20-15-11-13(7-8-17)5-6-14(15)21-12-16(19)18-9-3-2-4-10-18/h5-6,11H,2-4,7-10,12,17H2,1H3. The second-order valence-corrected chi connectivity index (χ2v) is 5.25. The fourth-order valence-electron chi connectivity index (χ4n) is 2.53. The van der Waals surface area contributed by atoms with E-state index in [1.54, 1.807) is 7.11 Å². The van der Waals surface area contributed by atoms with Crippen LogP contribution in [-0.2, 0) is 11.2 Å². The number of rotatable bonds is 6. The number of piperidine rings is 1. The number of hydrogen-bond acceptors (Lipinski definition) is 4. The van der Waals surface area contributed by atoms with E-state index in [-0.39, 0.29) is 12.5 Å². The van der Waals surface area contributed by atoms with Crippen molar-refractivity contribution in [3.8, 4) is 11.5 Å². The van der Waals surface area contributed by atoms with Crippen LogP contribution in [0, 0.1) is 0 Å². The van der Waals surface area contributed by atoms with Crippen LogP contribution in [0.1, 0.15) is 24.8 Å². The van der Waals surface area contributed by atoms with Crippen molar-refractivity contribution in [3.05, 3.63) is 23.8 Å². The molecule has 1 aliphatic rings. The quantitative estimate of drug-likeness (QED) is 0.864. The predicted molar refractivity (Wildman–Crippen MR) is 81.7 cm³/mol. The summed E-state index contributed by atoms with van der Waals surface area (Å²) < 4.78 is 10.9. The highest BCUT2D eigenvalue weighted by atomic mass is 16.5. The van der Waals surface area contributed by atoms with Crippen LogP contribution in [0.3, 0.4) is 0 Å². The van der Waals surface area contributed by atoms with Gasteiger partial charge in [0.15, 0.2) is 18.1 Å². The number of benzene rings is 1. The van der Waals surface area contributed by atoms with Gasteiger partial charge in [0, 0.05) is 13.1 Å². The molecule has 0 spiro atoms. The van der Waals surface area contributed by atoms with Gasteiger partial charge in [0.25, 0.3) is 5.91 Å². The number of nitrogens with two attached hydrogens (primary N) is 1. The van der Waals surface area contributed by atoms with Crippen molar-refractivity contribution in [1.82, 2.24) is 4.90 Å². The SMILES string of the molecule is COc1cc(CCN)ccc1OCC(=O)N1CCCCC1. The first-order valence-corrected chi connectivity index (χ1v) is 7.52. The molecule has 0 unspecified atom stereocenters. The molecule has 21 heavy (non-hydrogen) atoms. The first-order valence-electron chi connectivity index (χ1n) is 7.52. The molecule has 1 aromatic rings. The van der Waals surface area contributed by atoms with Gasteiger partial charge in [0.2, 0.25) is 0 Å². The lowest BCUT2D eigenvalue weighted by Gasteiger charge is -2.26. The van der Waals surface area contributed by atoms with E-state index in [9.17, 15) is 4.79 Å². The Morgan fingerprint density at radius 3 is 2.67 bits per heavy atom. The van der Waals surface area contributed by atoms with Gasteiger partial charge in [0.05, 0.1) is 7.11 Å². The summed E-state index contributed by atoms with van der Waals surface area (Å²) in [7, 11) is 1.60. The zero-order valence-electron chi connectivity index (χ0n) is 12.6. The first-order chi connectivity index (χ1) is 10.2. The molecule has 0 bridgehead atoms. The number of methoxy groups -OCH3 is 1. The van der Waals surface area contributed by atoms with Crippen molar-refractivity contribution < 1.29 is 14.3 Å². The minimum atomic E-state index is 0.0442. The van der Waals surface area contributed by atoms with Gasteiger partial charge in [-0.2, -0.15) is 0 Å². The van der Waals surface area contributed by atoms with E-state index >= 15 is 0 Å². The third-order valence-electron chi connectivity index (χ3n) is 3.72. The molecule has 1 fully saturated rings. The van der Waals surface area contributed by atoms with Gasteiger partial charge in [-0.15, -0.1) is 0 Å². The van der Waals surface area contributed by atoms with E-state index in [1.165, 1.54) is 6.42 Å². The molecule has 1 saturated heterocycles. The number of likely N-dealkylation sites (tertiary alicyclic amines) is 1. The van der Waals surface area contributed by atoms with Crippen LogP contribution in [0.4, 0.5) is 0 Å². The first kappa shape index (κ1) is 15.6. The Kier molecular flexibility index (Phi) is 5.87. The summed E-state index contributed by atoms with van der Waals surface area (Å²) in [6, 6.07) is 5.71. The van der Waals surface area contributed by atoms with Crippen LogP contribution >= 0.6 is 0 Å². The molecular formula is C16H24N2O3. The number of hydrogen-bond donors (Lipinski definition) is 1. The number of nitrogens with zero attached hydrogens (tertiary/aromatic N) is 1. The monoisotopic (exact) mass is 292 g/mol. The summed E-state index contributed by atoms with van der Waals surface area (Å²) in [5, 5.41) is 0. The number of carbonyl (C=O) groups excluding carboxylic acids is 1. The van der Waals surface area contributed by atoms with Crippen LogP contribution in [0.15, 0.2) is 18.2 Å². The molecular weight excluding hydrogens is 268 g/mol.